The Bertz CT molecular complexity index is 994. The maximum Gasteiger partial charge on any atom is 0.342 e. The molecule has 1 unspecified atom stereocenters. The molecular formula is C21H17Cl2NO4. The number of carbonyl (C=O) groups is 2. The van der Waals surface area contributed by atoms with E-state index in [2.05, 4.69) is 5.32 Å². The molecule has 1 atom stereocenters. The zero-order valence-corrected chi connectivity index (χ0v) is 16.7. The third kappa shape index (κ3) is 4.74. The maximum absolute atomic E-state index is 12.9. The first-order valence-electron chi connectivity index (χ1n) is 8.43. The maximum atomic E-state index is 12.9. The zero-order chi connectivity index (χ0) is 20.3. The Kier molecular flexibility index (Phi) is 6.07. The van der Waals surface area contributed by atoms with Crippen molar-refractivity contribution in [2.24, 2.45) is 0 Å². The second-order valence-corrected chi connectivity index (χ2v) is 7.04. The summed E-state index contributed by atoms with van der Waals surface area (Å²) in [5.41, 5.74) is 1.20. The van der Waals surface area contributed by atoms with Gasteiger partial charge in [0.05, 0.1) is 0 Å². The van der Waals surface area contributed by atoms with Crippen molar-refractivity contribution < 1.29 is 18.7 Å². The Labute approximate surface area is 172 Å². The number of halogens is 2. The van der Waals surface area contributed by atoms with E-state index in [0.717, 1.165) is 0 Å². The topological polar surface area (TPSA) is 68.5 Å². The van der Waals surface area contributed by atoms with Gasteiger partial charge in [-0.15, -0.1) is 0 Å². The van der Waals surface area contributed by atoms with Crippen molar-refractivity contribution in [2.45, 2.75) is 20.0 Å². The van der Waals surface area contributed by atoms with Gasteiger partial charge in [-0.3, -0.25) is 4.79 Å². The highest BCUT2D eigenvalue weighted by Gasteiger charge is 2.27. The molecule has 0 spiro atoms. The van der Waals surface area contributed by atoms with Gasteiger partial charge in [-0.2, -0.15) is 0 Å². The molecule has 3 rings (SSSR count). The van der Waals surface area contributed by atoms with Gasteiger partial charge >= 0.3 is 5.97 Å². The Hall–Kier alpha value is -2.76. The number of aryl methyl sites for hydroxylation is 2. The minimum atomic E-state index is -1.17. The first-order chi connectivity index (χ1) is 13.3. The van der Waals surface area contributed by atoms with Crippen LogP contribution in [0.25, 0.3) is 0 Å². The summed E-state index contributed by atoms with van der Waals surface area (Å²) in [5, 5.41) is 3.44. The van der Waals surface area contributed by atoms with E-state index in [9.17, 15) is 9.59 Å². The molecule has 1 heterocycles. The lowest BCUT2D eigenvalue weighted by atomic mass is 10.1. The predicted molar refractivity (Wildman–Crippen MR) is 108 cm³/mol. The van der Waals surface area contributed by atoms with E-state index < -0.39 is 18.0 Å². The molecule has 0 saturated carbocycles. The minimum Gasteiger partial charge on any atom is -0.466 e. The second kappa shape index (κ2) is 8.50. The summed E-state index contributed by atoms with van der Waals surface area (Å²) in [6.45, 7) is 3.39. The Balaban J connectivity index is 1.87. The molecular weight excluding hydrogens is 401 g/mol. The quantitative estimate of drug-likeness (QED) is 0.537. The molecule has 2 aromatic carbocycles. The highest BCUT2D eigenvalue weighted by Crippen LogP contribution is 2.26. The molecule has 7 heteroatoms. The van der Waals surface area contributed by atoms with Gasteiger partial charge in [0, 0.05) is 21.3 Å². The van der Waals surface area contributed by atoms with Gasteiger partial charge in [0.25, 0.3) is 5.91 Å². The van der Waals surface area contributed by atoms with Crippen LogP contribution in [-0.2, 0) is 9.53 Å². The summed E-state index contributed by atoms with van der Waals surface area (Å²) < 4.78 is 10.9. The highest BCUT2D eigenvalue weighted by molar-refractivity contribution is 6.35. The number of furan rings is 1. The van der Waals surface area contributed by atoms with Crippen LogP contribution in [0.3, 0.4) is 0 Å². The van der Waals surface area contributed by atoms with Gasteiger partial charge in [-0.05, 0) is 38.1 Å². The van der Waals surface area contributed by atoms with Crippen LogP contribution in [0.4, 0.5) is 5.69 Å². The highest BCUT2D eigenvalue weighted by atomic mass is 35.5. The summed E-state index contributed by atoms with van der Waals surface area (Å²) in [7, 11) is 0. The van der Waals surface area contributed by atoms with Crippen LogP contribution in [0.2, 0.25) is 10.0 Å². The lowest BCUT2D eigenvalue weighted by Gasteiger charge is -2.18. The van der Waals surface area contributed by atoms with Crippen LogP contribution in [0.5, 0.6) is 0 Å². The van der Waals surface area contributed by atoms with Crippen molar-refractivity contribution in [3.05, 3.63) is 87.3 Å². The zero-order valence-electron chi connectivity index (χ0n) is 15.2. The van der Waals surface area contributed by atoms with Crippen LogP contribution in [-0.4, -0.2) is 11.9 Å². The van der Waals surface area contributed by atoms with Gasteiger partial charge in [-0.25, -0.2) is 4.79 Å². The van der Waals surface area contributed by atoms with E-state index >= 15 is 0 Å². The summed E-state index contributed by atoms with van der Waals surface area (Å²) >= 11 is 12.0. The molecule has 0 fully saturated rings. The standard InChI is InChI=1S/C21H17Cl2NO4/c1-12-8-18(13(2)27-12)21(26)28-19(14-6-4-3-5-7-14)20(25)24-17-10-15(22)9-16(23)11-17/h3-11,19H,1-2H3,(H,24,25). The lowest BCUT2D eigenvalue weighted by Crippen LogP contribution is -2.26. The molecule has 5 nitrogen and oxygen atoms in total. The molecule has 144 valence electrons. The number of benzene rings is 2. The fraction of sp³-hybridized carbons (Fsp3) is 0.143. The van der Waals surface area contributed by atoms with Crippen molar-refractivity contribution in [1.29, 1.82) is 0 Å². The molecule has 0 aliphatic carbocycles. The van der Waals surface area contributed by atoms with Crippen LogP contribution < -0.4 is 5.32 Å². The monoisotopic (exact) mass is 417 g/mol. The first-order valence-corrected chi connectivity index (χ1v) is 9.19. The van der Waals surface area contributed by atoms with Crippen molar-refractivity contribution >= 4 is 40.8 Å². The molecule has 28 heavy (non-hydrogen) atoms. The molecule has 3 aromatic rings. The number of nitrogens with one attached hydrogen (secondary N) is 1. The van der Waals surface area contributed by atoms with Gasteiger partial charge in [-0.1, -0.05) is 53.5 Å². The number of ether oxygens (including phenoxy) is 1. The van der Waals surface area contributed by atoms with Crippen molar-refractivity contribution in [3.8, 4) is 0 Å². The minimum absolute atomic E-state index is 0.275. The summed E-state index contributed by atoms with van der Waals surface area (Å²) in [6, 6.07) is 15.0. The SMILES string of the molecule is Cc1cc(C(=O)OC(C(=O)Nc2cc(Cl)cc(Cl)c2)c2ccccc2)c(C)o1. The summed E-state index contributed by atoms with van der Waals surface area (Å²) in [5.74, 6) is -0.173. The molecule has 0 aliphatic heterocycles. The molecule has 0 aliphatic rings. The van der Waals surface area contributed by atoms with Gasteiger partial charge in [0.2, 0.25) is 6.10 Å². The fourth-order valence-electron chi connectivity index (χ4n) is 2.74. The van der Waals surface area contributed by atoms with Gasteiger partial charge in [0.15, 0.2) is 0 Å². The van der Waals surface area contributed by atoms with Crippen LogP contribution in [0.15, 0.2) is 59.0 Å². The van der Waals surface area contributed by atoms with E-state index in [1.165, 1.54) is 0 Å². The number of hydrogen-bond donors (Lipinski definition) is 1. The number of anilines is 1. The van der Waals surface area contributed by atoms with Crippen LogP contribution in [0.1, 0.15) is 33.5 Å². The Morgan fingerprint density at radius 3 is 2.21 bits per heavy atom. The summed E-state index contributed by atoms with van der Waals surface area (Å²) in [4.78, 5) is 25.5. The van der Waals surface area contributed by atoms with E-state index in [-0.39, 0.29) is 5.56 Å². The third-order valence-corrected chi connectivity index (χ3v) is 4.39. The van der Waals surface area contributed by atoms with Crippen molar-refractivity contribution in [3.63, 3.8) is 0 Å². The number of esters is 1. The van der Waals surface area contributed by atoms with E-state index in [1.54, 1.807) is 68.4 Å². The third-order valence-electron chi connectivity index (χ3n) is 3.96. The van der Waals surface area contributed by atoms with Gasteiger partial charge < -0.3 is 14.5 Å². The number of hydrogen-bond acceptors (Lipinski definition) is 4. The fourth-order valence-corrected chi connectivity index (χ4v) is 3.26. The Morgan fingerprint density at radius 2 is 1.64 bits per heavy atom. The average Bonchev–Trinajstić information content (AvgIpc) is 2.97. The van der Waals surface area contributed by atoms with Crippen LogP contribution >= 0.6 is 23.2 Å². The molecule has 1 N–H and O–H groups in total. The molecule has 1 amide bonds. The number of carbonyl (C=O) groups excluding carboxylic acids is 2. The van der Waals surface area contributed by atoms with E-state index in [1.807, 2.05) is 0 Å². The second-order valence-electron chi connectivity index (χ2n) is 6.17. The number of rotatable bonds is 5. The molecule has 0 bridgehead atoms. The molecule has 0 radical (unpaired) electrons. The van der Waals surface area contributed by atoms with Gasteiger partial charge in [0.1, 0.15) is 17.1 Å². The predicted octanol–water partition coefficient (Wildman–Crippen LogP) is 5.74. The first kappa shape index (κ1) is 20.0. The summed E-state index contributed by atoms with van der Waals surface area (Å²) in [6.07, 6.45) is -1.17. The molecule has 1 aromatic heterocycles. The normalized spacial score (nSPS) is 11.7. The Morgan fingerprint density at radius 1 is 1.00 bits per heavy atom. The molecule has 0 saturated heterocycles. The largest absolute Gasteiger partial charge is 0.466 e. The van der Waals surface area contributed by atoms with E-state index in [0.29, 0.717) is 32.8 Å². The van der Waals surface area contributed by atoms with Crippen molar-refractivity contribution in [1.82, 2.24) is 0 Å². The van der Waals surface area contributed by atoms with Crippen molar-refractivity contribution in [2.75, 3.05) is 5.32 Å². The number of amides is 1. The van der Waals surface area contributed by atoms with Crippen LogP contribution in [0, 0.1) is 13.8 Å². The lowest BCUT2D eigenvalue weighted by molar-refractivity contribution is -0.125. The van der Waals surface area contributed by atoms with E-state index in [4.69, 9.17) is 32.4 Å². The smallest absolute Gasteiger partial charge is 0.342 e. The average molecular weight is 418 g/mol.